The van der Waals surface area contributed by atoms with Crippen LogP contribution in [0.5, 0.6) is 0 Å². The third kappa shape index (κ3) is 3.27. The van der Waals surface area contributed by atoms with Crippen molar-refractivity contribution in [3.63, 3.8) is 0 Å². The van der Waals surface area contributed by atoms with Gasteiger partial charge in [-0.05, 0) is 35.8 Å². The first kappa shape index (κ1) is 16.2. The van der Waals surface area contributed by atoms with Crippen molar-refractivity contribution in [2.24, 2.45) is 11.8 Å². The molecular weight excluding hydrogens is 314 g/mol. The first-order valence-corrected chi connectivity index (χ1v) is 8.87. The zero-order valence-corrected chi connectivity index (χ0v) is 14.2. The van der Waals surface area contributed by atoms with Crippen LogP contribution in [0.2, 0.25) is 0 Å². The molecule has 1 N–H and O–H groups in total. The Balaban J connectivity index is 1.34. The van der Waals surface area contributed by atoms with Crippen molar-refractivity contribution in [3.05, 3.63) is 71.8 Å². The van der Waals surface area contributed by atoms with Crippen LogP contribution in [-0.2, 0) is 16.9 Å². The van der Waals surface area contributed by atoms with Crippen LogP contribution in [0.25, 0.3) is 0 Å². The molecule has 4 nitrogen and oxygen atoms in total. The maximum atomic E-state index is 12.3. The third-order valence-corrected chi connectivity index (χ3v) is 5.55. The molecular formula is C21H23NO3. The summed E-state index contributed by atoms with van der Waals surface area (Å²) in [6.07, 6.45) is 1.18. The zero-order valence-electron chi connectivity index (χ0n) is 14.2. The highest BCUT2D eigenvalue weighted by atomic mass is 16.6. The first-order valence-electron chi connectivity index (χ1n) is 8.87. The van der Waals surface area contributed by atoms with Gasteiger partial charge in [-0.3, -0.25) is 0 Å². The van der Waals surface area contributed by atoms with Gasteiger partial charge in [0.15, 0.2) is 0 Å². The van der Waals surface area contributed by atoms with E-state index in [1.165, 1.54) is 0 Å². The fraction of sp³-hybridized carbons (Fsp3) is 0.381. The monoisotopic (exact) mass is 337 g/mol. The topological polar surface area (TPSA) is 49.8 Å². The van der Waals surface area contributed by atoms with Gasteiger partial charge in [0.05, 0.1) is 5.60 Å². The summed E-state index contributed by atoms with van der Waals surface area (Å²) in [7, 11) is 0. The highest BCUT2D eigenvalue weighted by molar-refractivity contribution is 5.68. The summed E-state index contributed by atoms with van der Waals surface area (Å²) in [6.45, 7) is 1.65. The number of amides is 1. The van der Waals surface area contributed by atoms with E-state index in [1.807, 2.05) is 60.7 Å². The molecule has 1 saturated heterocycles. The number of hydrogen-bond donors (Lipinski definition) is 1. The molecule has 4 heteroatoms. The van der Waals surface area contributed by atoms with E-state index < -0.39 is 5.60 Å². The highest BCUT2D eigenvalue weighted by Gasteiger charge is 2.50. The number of carbonyl (C=O) groups excluding carboxylic acids is 1. The second-order valence-corrected chi connectivity index (χ2v) is 7.27. The van der Waals surface area contributed by atoms with Gasteiger partial charge in [-0.25, -0.2) is 4.79 Å². The number of ether oxygens (including phenoxy) is 1. The minimum absolute atomic E-state index is 0.249. The SMILES string of the molecule is O=C(OCc1ccccc1)N1C[C@@H]2C[C@@](O)(c3ccccc3)C[C@@H]2C1. The molecule has 2 aromatic carbocycles. The molecule has 0 radical (unpaired) electrons. The van der Waals surface area contributed by atoms with Gasteiger partial charge in [0.1, 0.15) is 6.61 Å². The third-order valence-electron chi connectivity index (χ3n) is 5.55. The van der Waals surface area contributed by atoms with Crippen molar-refractivity contribution in [2.45, 2.75) is 25.0 Å². The normalized spacial score (nSPS) is 28.0. The minimum Gasteiger partial charge on any atom is -0.445 e. The number of nitrogens with zero attached hydrogens (tertiary/aromatic N) is 1. The Morgan fingerprint density at radius 3 is 2.16 bits per heavy atom. The molecule has 1 amide bonds. The van der Waals surface area contributed by atoms with Crippen LogP contribution in [0.1, 0.15) is 24.0 Å². The Morgan fingerprint density at radius 1 is 1.00 bits per heavy atom. The van der Waals surface area contributed by atoms with Crippen LogP contribution < -0.4 is 0 Å². The van der Waals surface area contributed by atoms with Crippen LogP contribution in [0.3, 0.4) is 0 Å². The first-order chi connectivity index (χ1) is 12.1. The van der Waals surface area contributed by atoms with E-state index in [4.69, 9.17) is 4.74 Å². The number of rotatable bonds is 3. The zero-order chi connectivity index (χ0) is 17.3. The van der Waals surface area contributed by atoms with Crippen molar-refractivity contribution < 1.29 is 14.6 Å². The van der Waals surface area contributed by atoms with E-state index in [-0.39, 0.29) is 6.09 Å². The molecule has 0 bridgehead atoms. The average Bonchev–Trinajstić information content (AvgIpc) is 3.17. The molecule has 3 atom stereocenters. The van der Waals surface area contributed by atoms with Gasteiger partial charge in [-0.15, -0.1) is 0 Å². The summed E-state index contributed by atoms with van der Waals surface area (Å²) >= 11 is 0. The van der Waals surface area contributed by atoms with Crippen molar-refractivity contribution >= 4 is 6.09 Å². The summed E-state index contributed by atoms with van der Waals surface area (Å²) < 4.78 is 5.44. The lowest BCUT2D eigenvalue weighted by Crippen LogP contribution is -2.32. The smallest absolute Gasteiger partial charge is 0.410 e. The Labute approximate surface area is 148 Å². The second kappa shape index (κ2) is 6.52. The summed E-state index contributed by atoms with van der Waals surface area (Å²) in [6, 6.07) is 19.6. The van der Waals surface area contributed by atoms with E-state index in [2.05, 4.69) is 0 Å². The standard InChI is InChI=1S/C21H23NO3/c23-20(25-15-16-7-3-1-4-8-16)22-13-17-11-21(24,12-18(17)14-22)19-9-5-2-6-10-19/h1-10,17-18,24H,11-15H2/t17-,18+,21-. The van der Waals surface area contributed by atoms with Crippen molar-refractivity contribution in [1.82, 2.24) is 4.90 Å². The number of benzene rings is 2. The van der Waals surface area contributed by atoms with Crippen molar-refractivity contribution in [1.29, 1.82) is 0 Å². The maximum Gasteiger partial charge on any atom is 0.410 e. The second-order valence-electron chi connectivity index (χ2n) is 7.27. The number of hydrogen-bond acceptors (Lipinski definition) is 3. The predicted molar refractivity (Wildman–Crippen MR) is 94.8 cm³/mol. The van der Waals surface area contributed by atoms with Crippen LogP contribution in [0, 0.1) is 11.8 Å². The number of carbonyl (C=O) groups is 1. The molecule has 1 aliphatic heterocycles. The average molecular weight is 337 g/mol. The molecule has 25 heavy (non-hydrogen) atoms. The summed E-state index contributed by atoms with van der Waals surface area (Å²) in [4.78, 5) is 14.1. The minimum atomic E-state index is -0.753. The molecule has 2 aromatic rings. The Kier molecular flexibility index (Phi) is 4.22. The van der Waals surface area contributed by atoms with Crippen molar-refractivity contribution in [3.8, 4) is 0 Å². The molecule has 0 spiro atoms. The quantitative estimate of drug-likeness (QED) is 0.932. The van der Waals surface area contributed by atoms with Gasteiger partial charge in [-0.2, -0.15) is 0 Å². The van der Waals surface area contributed by atoms with Gasteiger partial charge >= 0.3 is 6.09 Å². The lowest BCUT2D eigenvalue weighted by molar-refractivity contribution is 0.0298. The van der Waals surface area contributed by atoms with E-state index in [0.717, 1.165) is 11.1 Å². The molecule has 4 rings (SSSR count). The Bertz CT molecular complexity index is 717. The van der Waals surface area contributed by atoms with Gasteiger partial charge in [0.25, 0.3) is 0 Å². The maximum absolute atomic E-state index is 12.3. The highest BCUT2D eigenvalue weighted by Crippen LogP contribution is 2.48. The molecule has 1 saturated carbocycles. The van der Waals surface area contributed by atoms with E-state index in [9.17, 15) is 9.90 Å². The van der Waals surface area contributed by atoms with E-state index in [0.29, 0.717) is 44.4 Å². The molecule has 1 aliphatic carbocycles. The molecule has 1 heterocycles. The fourth-order valence-corrected chi connectivity index (χ4v) is 4.30. The molecule has 130 valence electrons. The lowest BCUT2D eigenvalue weighted by Gasteiger charge is -2.26. The molecule has 2 aliphatic rings. The van der Waals surface area contributed by atoms with Gasteiger partial charge in [-0.1, -0.05) is 60.7 Å². The van der Waals surface area contributed by atoms with Crippen LogP contribution >= 0.6 is 0 Å². The van der Waals surface area contributed by atoms with E-state index >= 15 is 0 Å². The number of fused-ring (bicyclic) bond motifs is 1. The molecule has 0 unspecified atom stereocenters. The summed E-state index contributed by atoms with van der Waals surface area (Å²) in [5.41, 5.74) is 1.23. The van der Waals surface area contributed by atoms with Crippen LogP contribution in [0.4, 0.5) is 4.79 Å². The number of likely N-dealkylation sites (tertiary alicyclic amines) is 1. The largest absolute Gasteiger partial charge is 0.445 e. The Morgan fingerprint density at radius 2 is 1.56 bits per heavy atom. The van der Waals surface area contributed by atoms with E-state index in [1.54, 1.807) is 4.90 Å². The van der Waals surface area contributed by atoms with Crippen LogP contribution in [0.15, 0.2) is 60.7 Å². The number of aliphatic hydroxyl groups is 1. The van der Waals surface area contributed by atoms with Crippen molar-refractivity contribution in [2.75, 3.05) is 13.1 Å². The molecule has 0 aromatic heterocycles. The Hall–Kier alpha value is -2.33. The summed E-state index contributed by atoms with van der Waals surface area (Å²) in [5, 5.41) is 11.0. The van der Waals surface area contributed by atoms with Gasteiger partial charge in [0.2, 0.25) is 0 Å². The summed E-state index contributed by atoms with van der Waals surface area (Å²) in [5.74, 6) is 0.684. The predicted octanol–water partition coefficient (Wildman–Crippen LogP) is 3.55. The lowest BCUT2D eigenvalue weighted by atomic mass is 9.90. The molecule has 2 fully saturated rings. The van der Waals surface area contributed by atoms with Gasteiger partial charge in [0, 0.05) is 13.1 Å². The van der Waals surface area contributed by atoms with Crippen LogP contribution in [-0.4, -0.2) is 29.2 Å². The van der Waals surface area contributed by atoms with Gasteiger partial charge < -0.3 is 14.7 Å². The fourth-order valence-electron chi connectivity index (χ4n) is 4.30.